The molecule has 1 atom stereocenters. The van der Waals surface area contributed by atoms with Crippen molar-refractivity contribution in [3.05, 3.63) is 71.2 Å². The number of nitrogens with one attached hydrogen (secondary N) is 1. The van der Waals surface area contributed by atoms with Crippen LogP contribution in [0.2, 0.25) is 0 Å². The molecule has 0 bridgehead atoms. The number of methoxy groups -OCH3 is 1. The highest BCUT2D eigenvalue weighted by Gasteiger charge is 2.32. The molecule has 27 heavy (non-hydrogen) atoms. The monoisotopic (exact) mass is 383 g/mol. The molecule has 0 saturated heterocycles. The molecule has 5 nitrogen and oxygen atoms in total. The fourth-order valence-electron chi connectivity index (χ4n) is 3.28. The molecule has 2 heterocycles. The summed E-state index contributed by atoms with van der Waals surface area (Å²) in [7, 11) is 1.64. The molecule has 0 radical (unpaired) electrons. The van der Waals surface area contributed by atoms with Crippen molar-refractivity contribution in [1.29, 1.82) is 0 Å². The maximum atomic E-state index is 13.3. The second-order valence-corrected chi connectivity index (χ2v) is 7.31. The molecule has 3 aromatic rings. The number of amides is 1. The number of benzene rings is 2. The SMILES string of the molecule is COc1ccccc1[C@H]1SCC(=O)Nc2c1c(C)nn2-c1ccc(F)cc1. The van der Waals surface area contributed by atoms with Crippen molar-refractivity contribution >= 4 is 23.5 Å². The van der Waals surface area contributed by atoms with Crippen LogP contribution in [0.5, 0.6) is 5.75 Å². The molecular formula is C20H18FN3O2S. The number of ether oxygens (including phenoxy) is 1. The third-order valence-electron chi connectivity index (χ3n) is 4.50. The molecule has 1 N–H and O–H groups in total. The summed E-state index contributed by atoms with van der Waals surface area (Å²) in [5.41, 5.74) is 3.41. The van der Waals surface area contributed by atoms with E-state index in [0.29, 0.717) is 17.3 Å². The molecule has 7 heteroatoms. The lowest BCUT2D eigenvalue weighted by molar-refractivity contribution is -0.113. The van der Waals surface area contributed by atoms with Crippen LogP contribution in [0.1, 0.15) is 22.1 Å². The van der Waals surface area contributed by atoms with Gasteiger partial charge in [-0.05, 0) is 37.3 Å². The van der Waals surface area contributed by atoms with Gasteiger partial charge < -0.3 is 10.1 Å². The molecule has 0 fully saturated rings. The summed E-state index contributed by atoms with van der Waals surface area (Å²) in [6.07, 6.45) is 0. The van der Waals surface area contributed by atoms with E-state index in [2.05, 4.69) is 10.4 Å². The minimum atomic E-state index is -0.319. The number of hydrogen-bond donors (Lipinski definition) is 1. The summed E-state index contributed by atoms with van der Waals surface area (Å²) < 4.78 is 20.5. The highest BCUT2D eigenvalue weighted by Crippen LogP contribution is 2.46. The van der Waals surface area contributed by atoms with Crippen molar-refractivity contribution in [3.63, 3.8) is 0 Å². The Morgan fingerprint density at radius 3 is 2.70 bits per heavy atom. The Morgan fingerprint density at radius 1 is 1.22 bits per heavy atom. The summed E-state index contributed by atoms with van der Waals surface area (Å²) in [5.74, 6) is 1.29. The van der Waals surface area contributed by atoms with E-state index >= 15 is 0 Å². The highest BCUT2D eigenvalue weighted by atomic mass is 32.2. The molecular weight excluding hydrogens is 365 g/mol. The average Bonchev–Trinajstić information content (AvgIpc) is 2.88. The molecule has 1 amide bonds. The first-order valence-electron chi connectivity index (χ1n) is 8.48. The topological polar surface area (TPSA) is 56.1 Å². The number of carbonyl (C=O) groups is 1. The van der Waals surface area contributed by atoms with Crippen LogP contribution in [0.4, 0.5) is 10.2 Å². The largest absolute Gasteiger partial charge is 0.496 e. The van der Waals surface area contributed by atoms with E-state index in [1.54, 1.807) is 23.9 Å². The first kappa shape index (κ1) is 17.6. The lowest BCUT2D eigenvalue weighted by atomic mass is 10.0. The minimum absolute atomic E-state index is 0.0955. The van der Waals surface area contributed by atoms with Crippen LogP contribution in [0.3, 0.4) is 0 Å². The number of halogens is 1. The van der Waals surface area contributed by atoms with Gasteiger partial charge in [0.05, 0.1) is 29.5 Å². The smallest absolute Gasteiger partial charge is 0.235 e. The number of carbonyl (C=O) groups excluding carboxylic acids is 1. The number of aryl methyl sites for hydroxylation is 1. The zero-order chi connectivity index (χ0) is 19.0. The van der Waals surface area contributed by atoms with E-state index in [0.717, 1.165) is 22.6 Å². The fraction of sp³-hybridized carbons (Fsp3) is 0.200. The van der Waals surface area contributed by atoms with E-state index in [9.17, 15) is 9.18 Å². The number of hydrogen-bond acceptors (Lipinski definition) is 4. The Morgan fingerprint density at radius 2 is 1.96 bits per heavy atom. The van der Waals surface area contributed by atoms with Gasteiger partial charge in [-0.3, -0.25) is 4.79 Å². The van der Waals surface area contributed by atoms with Crippen LogP contribution in [0.25, 0.3) is 5.69 Å². The molecule has 0 unspecified atom stereocenters. The van der Waals surface area contributed by atoms with Crippen molar-refractivity contribution in [2.24, 2.45) is 0 Å². The van der Waals surface area contributed by atoms with Crippen LogP contribution < -0.4 is 10.1 Å². The summed E-state index contributed by atoms with van der Waals surface area (Å²) in [6.45, 7) is 1.92. The Labute approximate surface area is 160 Å². The number of nitrogens with zero attached hydrogens (tertiary/aromatic N) is 2. The Bertz CT molecular complexity index is 1000. The van der Waals surface area contributed by atoms with Crippen LogP contribution in [-0.2, 0) is 4.79 Å². The zero-order valence-corrected chi connectivity index (χ0v) is 15.7. The maximum Gasteiger partial charge on any atom is 0.235 e. The molecule has 1 aliphatic rings. The van der Waals surface area contributed by atoms with Crippen LogP contribution in [0, 0.1) is 12.7 Å². The molecule has 138 valence electrons. The quantitative estimate of drug-likeness (QED) is 0.740. The van der Waals surface area contributed by atoms with Crippen LogP contribution in [0.15, 0.2) is 48.5 Å². The van der Waals surface area contributed by atoms with Gasteiger partial charge in [0.15, 0.2) is 0 Å². The summed E-state index contributed by atoms with van der Waals surface area (Å²) in [4.78, 5) is 12.4. The minimum Gasteiger partial charge on any atom is -0.496 e. The van der Waals surface area contributed by atoms with Crippen LogP contribution in [-0.4, -0.2) is 28.6 Å². The molecule has 0 saturated carbocycles. The normalized spacial score (nSPS) is 16.4. The fourth-order valence-corrected chi connectivity index (χ4v) is 4.49. The number of fused-ring (bicyclic) bond motifs is 1. The summed E-state index contributed by atoms with van der Waals surface area (Å²) >= 11 is 1.54. The number of anilines is 1. The van der Waals surface area contributed by atoms with Crippen LogP contribution >= 0.6 is 11.8 Å². The highest BCUT2D eigenvalue weighted by molar-refractivity contribution is 8.00. The van der Waals surface area contributed by atoms with Crippen molar-refractivity contribution in [2.75, 3.05) is 18.2 Å². The average molecular weight is 383 g/mol. The van der Waals surface area contributed by atoms with Gasteiger partial charge in [0.1, 0.15) is 17.4 Å². The lowest BCUT2D eigenvalue weighted by Gasteiger charge is -2.18. The van der Waals surface area contributed by atoms with Crippen molar-refractivity contribution < 1.29 is 13.9 Å². The van der Waals surface area contributed by atoms with Gasteiger partial charge in [0.25, 0.3) is 0 Å². The van der Waals surface area contributed by atoms with Gasteiger partial charge in [0.2, 0.25) is 5.91 Å². The van der Waals surface area contributed by atoms with Gasteiger partial charge in [0, 0.05) is 11.1 Å². The first-order chi connectivity index (χ1) is 13.1. The molecule has 4 rings (SSSR count). The van der Waals surface area contributed by atoms with Gasteiger partial charge >= 0.3 is 0 Å². The number of aromatic nitrogens is 2. The summed E-state index contributed by atoms with van der Waals surface area (Å²) in [5, 5.41) is 7.49. The van der Waals surface area contributed by atoms with E-state index in [4.69, 9.17) is 4.74 Å². The lowest BCUT2D eigenvalue weighted by Crippen LogP contribution is -2.15. The Hall–Kier alpha value is -2.80. The predicted octanol–water partition coefficient (Wildman–Crippen LogP) is 4.10. The third kappa shape index (κ3) is 3.19. The first-order valence-corrected chi connectivity index (χ1v) is 9.53. The van der Waals surface area contributed by atoms with E-state index in [1.165, 1.54) is 23.9 Å². The van der Waals surface area contributed by atoms with Crippen molar-refractivity contribution in [2.45, 2.75) is 12.2 Å². The zero-order valence-electron chi connectivity index (χ0n) is 14.9. The molecule has 1 aliphatic heterocycles. The third-order valence-corrected chi connectivity index (χ3v) is 5.75. The predicted molar refractivity (Wildman–Crippen MR) is 104 cm³/mol. The Balaban J connectivity index is 1.90. The van der Waals surface area contributed by atoms with Gasteiger partial charge in [-0.15, -0.1) is 11.8 Å². The maximum absolute atomic E-state index is 13.3. The van der Waals surface area contributed by atoms with Gasteiger partial charge in [-0.2, -0.15) is 5.10 Å². The van der Waals surface area contributed by atoms with E-state index < -0.39 is 0 Å². The van der Waals surface area contributed by atoms with E-state index in [1.807, 2.05) is 31.2 Å². The van der Waals surface area contributed by atoms with Gasteiger partial charge in [-0.25, -0.2) is 9.07 Å². The van der Waals surface area contributed by atoms with E-state index in [-0.39, 0.29) is 17.0 Å². The number of rotatable bonds is 3. The number of thioether (sulfide) groups is 1. The van der Waals surface area contributed by atoms with Crippen molar-refractivity contribution in [1.82, 2.24) is 9.78 Å². The van der Waals surface area contributed by atoms with Gasteiger partial charge in [-0.1, -0.05) is 18.2 Å². The Kier molecular flexibility index (Phi) is 4.61. The standard InChI is InChI=1S/C20H18FN3O2S/c1-12-18-19(15-5-3-4-6-16(15)26-2)27-11-17(25)22-20(18)24(23-12)14-9-7-13(21)8-10-14/h3-10,19H,11H2,1-2H3,(H,22,25)/t19-/m1/s1. The second-order valence-electron chi connectivity index (χ2n) is 6.22. The molecule has 1 aromatic heterocycles. The molecule has 0 aliphatic carbocycles. The number of para-hydroxylation sites is 1. The van der Waals surface area contributed by atoms with Crippen molar-refractivity contribution in [3.8, 4) is 11.4 Å². The summed E-state index contributed by atoms with van der Waals surface area (Å²) in [6, 6.07) is 13.8. The second kappa shape index (κ2) is 7.08. The molecule has 2 aromatic carbocycles. The molecule has 0 spiro atoms.